The topological polar surface area (TPSA) is 29.9 Å². The number of aromatic nitrogens is 2. The van der Waals surface area contributed by atoms with Gasteiger partial charge in [-0.2, -0.15) is 5.10 Å². The van der Waals surface area contributed by atoms with Crippen LogP contribution >= 0.6 is 22.9 Å². The van der Waals surface area contributed by atoms with E-state index in [0.717, 1.165) is 17.3 Å². The van der Waals surface area contributed by atoms with E-state index in [4.69, 9.17) is 11.6 Å². The first-order chi connectivity index (χ1) is 8.74. The highest BCUT2D eigenvalue weighted by molar-refractivity contribution is 7.16. The number of nitrogens with zero attached hydrogens (tertiary/aromatic N) is 2. The summed E-state index contributed by atoms with van der Waals surface area (Å²) in [6.07, 6.45) is 5.58. The molecule has 2 aromatic rings. The van der Waals surface area contributed by atoms with E-state index in [1.165, 1.54) is 29.0 Å². The first kappa shape index (κ1) is 12.2. The zero-order chi connectivity index (χ0) is 12.5. The van der Waals surface area contributed by atoms with Crippen LogP contribution in [0.3, 0.4) is 0 Å². The van der Waals surface area contributed by atoms with Crippen molar-refractivity contribution in [3.8, 4) is 0 Å². The normalized spacial score (nSPS) is 18.9. The van der Waals surface area contributed by atoms with E-state index in [1.807, 2.05) is 24.0 Å². The van der Waals surface area contributed by atoms with E-state index in [1.54, 1.807) is 11.3 Å². The fourth-order valence-corrected chi connectivity index (χ4v) is 3.63. The maximum Gasteiger partial charge on any atom is 0.0931 e. The van der Waals surface area contributed by atoms with Gasteiger partial charge in [-0.3, -0.25) is 4.68 Å². The minimum absolute atomic E-state index is 0.434. The van der Waals surface area contributed by atoms with Crippen molar-refractivity contribution in [2.45, 2.75) is 31.8 Å². The van der Waals surface area contributed by atoms with Crippen LogP contribution in [0.4, 0.5) is 0 Å². The summed E-state index contributed by atoms with van der Waals surface area (Å²) in [5, 5.41) is 7.98. The second-order valence-electron chi connectivity index (χ2n) is 4.70. The van der Waals surface area contributed by atoms with Gasteiger partial charge in [0.05, 0.1) is 10.5 Å². The average Bonchev–Trinajstić information content (AvgIpc) is 2.94. The lowest BCUT2D eigenvalue weighted by atomic mass is 9.93. The molecule has 2 aromatic heterocycles. The molecule has 5 heteroatoms. The zero-order valence-corrected chi connectivity index (χ0v) is 11.9. The number of nitrogens with one attached hydrogen (secondary N) is 1. The molecular weight excluding hydrogens is 266 g/mol. The van der Waals surface area contributed by atoms with Gasteiger partial charge < -0.3 is 5.32 Å². The van der Waals surface area contributed by atoms with Crippen molar-refractivity contribution in [2.24, 2.45) is 7.05 Å². The molecule has 3 rings (SSSR count). The maximum absolute atomic E-state index is 5.94. The summed E-state index contributed by atoms with van der Waals surface area (Å²) in [7, 11) is 2.03. The number of aryl methyl sites for hydroxylation is 1. The first-order valence-corrected chi connectivity index (χ1v) is 7.42. The number of fused-ring (bicyclic) bond motifs is 1. The Morgan fingerprint density at radius 2 is 2.44 bits per heavy atom. The molecule has 0 aromatic carbocycles. The minimum atomic E-state index is 0.434. The molecule has 3 nitrogen and oxygen atoms in total. The van der Waals surface area contributed by atoms with Crippen LogP contribution in [-0.2, 0) is 20.0 Å². The van der Waals surface area contributed by atoms with Crippen LogP contribution in [0.15, 0.2) is 18.3 Å². The zero-order valence-electron chi connectivity index (χ0n) is 10.3. The number of hydrogen-bond donors (Lipinski definition) is 1. The smallest absolute Gasteiger partial charge is 0.0931 e. The molecule has 0 bridgehead atoms. The molecule has 0 saturated heterocycles. The predicted molar refractivity (Wildman–Crippen MR) is 75.1 cm³/mol. The van der Waals surface area contributed by atoms with E-state index >= 15 is 0 Å². The molecule has 0 amide bonds. The van der Waals surface area contributed by atoms with Gasteiger partial charge >= 0.3 is 0 Å². The van der Waals surface area contributed by atoms with Crippen LogP contribution in [0, 0.1) is 0 Å². The standard InChI is InChI=1S/C13H16ClN3S/c1-17-12-4-2-3-11(10(12)8-16-17)15-7-9-5-6-13(14)18-9/h5-6,8,11,15H,2-4,7H2,1H3/t11-/m1/s1. The van der Waals surface area contributed by atoms with Crippen molar-refractivity contribution in [3.05, 3.63) is 38.8 Å². The summed E-state index contributed by atoms with van der Waals surface area (Å²) < 4.78 is 2.86. The second-order valence-corrected chi connectivity index (χ2v) is 6.50. The van der Waals surface area contributed by atoms with E-state index in [2.05, 4.69) is 16.5 Å². The molecule has 0 saturated carbocycles. The molecule has 2 heterocycles. The summed E-state index contributed by atoms with van der Waals surface area (Å²) >= 11 is 7.59. The van der Waals surface area contributed by atoms with Gasteiger partial charge in [0.15, 0.2) is 0 Å². The molecule has 1 N–H and O–H groups in total. The van der Waals surface area contributed by atoms with E-state index in [-0.39, 0.29) is 0 Å². The Morgan fingerprint density at radius 1 is 1.56 bits per heavy atom. The monoisotopic (exact) mass is 281 g/mol. The van der Waals surface area contributed by atoms with E-state index in [9.17, 15) is 0 Å². The molecule has 96 valence electrons. The first-order valence-electron chi connectivity index (χ1n) is 6.22. The van der Waals surface area contributed by atoms with Gasteiger partial charge in [-0.15, -0.1) is 11.3 Å². The molecule has 0 radical (unpaired) electrons. The van der Waals surface area contributed by atoms with Gasteiger partial charge in [0.25, 0.3) is 0 Å². The van der Waals surface area contributed by atoms with Crippen LogP contribution < -0.4 is 5.32 Å². The number of thiophene rings is 1. The van der Waals surface area contributed by atoms with Crippen LogP contribution in [-0.4, -0.2) is 9.78 Å². The van der Waals surface area contributed by atoms with Crippen LogP contribution in [0.1, 0.15) is 35.0 Å². The highest BCUT2D eigenvalue weighted by atomic mass is 35.5. The number of halogens is 1. The molecule has 1 aliphatic rings. The molecular formula is C13H16ClN3S. The van der Waals surface area contributed by atoms with Gasteiger partial charge in [0, 0.05) is 35.8 Å². The molecule has 0 aliphatic heterocycles. The molecule has 0 fully saturated rings. The van der Waals surface area contributed by atoms with Crippen LogP contribution in [0.25, 0.3) is 0 Å². The van der Waals surface area contributed by atoms with Crippen molar-refractivity contribution < 1.29 is 0 Å². The van der Waals surface area contributed by atoms with Gasteiger partial charge in [0.1, 0.15) is 0 Å². The molecule has 0 spiro atoms. The highest BCUT2D eigenvalue weighted by Crippen LogP contribution is 2.30. The molecule has 0 unspecified atom stereocenters. The minimum Gasteiger partial charge on any atom is -0.305 e. The fourth-order valence-electron chi connectivity index (χ4n) is 2.59. The van der Waals surface area contributed by atoms with Gasteiger partial charge in [-0.1, -0.05) is 11.6 Å². The SMILES string of the molecule is Cn1ncc2c1CCC[C@H]2NCc1ccc(Cl)s1. The Hall–Kier alpha value is -0.840. The third-order valence-corrected chi connectivity index (χ3v) is 4.76. The lowest BCUT2D eigenvalue weighted by Gasteiger charge is -2.23. The van der Waals surface area contributed by atoms with Gasteiger partial charge in [-0.25, -0.2) is 0 Å². The molecule has 18 heavy (non-hydrogen) atoms. The second kappa shape index (κ2) is 5.03. The van der Waals surface area contributed by atoms with Crippen molar-refractivity contribution in [2.75, 3.05) is 0 Å². The quantitative estimate of drug-likeness (QED) is 0.935. The third-order valence-electron chi connectivity index (χ3n) is 3.53. The Bertz CT molecular complexity index is 546. The van der Waals surface area contributed by atoms with Gasteiger partial charge in [-0.05, 0) is 31.4 Å². The molecule has 1 atom stereocenters. The van der Waals surface area contributed by atoms with E-state index in [0.29, 0.717) is 6.04 Å². The summed E-state index contributed by atoms with van der Waals surface area (Å²) in [6.45, 7) is 0.885. The van der Waals surface area contributed by atoms with Crippen molar-refractivity contribution in [3.63, 3.8) is 0 Å². The average molecular weight is 282 g/mol. The summed E-state index contributed by atoms with van der Waals surface area (Å²) in [4.78, 5) is 1.29. The Morgan fingerprint density at radius 3 is 3.22 bits per heavy atom. The largest absolute Gasteiger partial charge is 0.305 e. The molecule has 1 aliphatic carbocycles. The lowest BCUT2D eigenvalue weighted by molar-refractivity contribution is 0.453. The highest BCUT2D eigenvalue weighted by Gasteiger charge is 2.22. The lowest BCUT2D eigenvalue weighted by Crippen LogP contribution is -2.24. The predicted octanol–water partition coefficient (Wildman–Crippen LogP) is 3.30. The maximum atomic E-state index is 5.94. The van der Waals surface area contributed by atoms with Crippen molar-refractivity contribution in [1.82, 2.24) is 15.1 Å². The number of hydrogen-bond acceptors (Lipinski definition) is 3. The Labute approximate surface area is 116 Å². The summed E-state index contributed by atoms with van der Waals surface area (Å²) in [5.74, 6) is 0. The third kappa shape index (κ3) is 2.32. The fraction of sp³-hybridized carbons (Fsp3) is 0.462. The Balaban J connectivity index is 1.71. The van der Waals surface area contributed by atoms with Crippen molar-refractivity contribution >= 4 is 22.9 Å². The summed E-state index contributed by atoms with van der Waals surface area (Å²) in [6, 6.07) is 4.48. The van der Waals surface area contributed by atoms with Crippen LogP contribution in [0.5, 0.6) is 0 Å². The summed E-state index contributed by atoms with van der Waals surface area (Å²) in [5.41, 5.74) is 2.74. The van der Waals surface area contributed by atoms with E-state index < -0.39 is 0 Å². The van der Waals surface area contributed by atoms with Crippen LogP contribution in [0.2, 0.25) is 4.34 Å². The van der Waals surface area contributed by atoms with Crippen molar-refractivity contribution in [1.29, 1.82) is 0 Å². The number of rotatable bonds is 3. The van der Waals surface area contributed by atoms with Gasteiger partial charge in [0.2, 0.25) is 0 Å². The Kier molecular flexibility index (Phi) is 3.41.